The van der Waals surface area contributed by atoms with Crippen molar-refractivity contribution in [2.75, 3.05) is 13.6 Å². The molecular formula is C12H20ClN5. The first-order valence-electron chi connectivity index (χ1n) is 5.56. The molecule has 0 fully saturated rings. The molecule has 1 aromatic carbocycles. The molecule has 0 saturated carbocycles. The Morgan fingerprint density at radius 3 is 2.33 bits per heavy atom. The van der Waals surface area contributed by atoms with Gasteiger partial charge in [-0.1, -0.05) is 19.1 Å². The fourth-order valence-electron chi connectivity index (χ4n) is 1.40. The lowest BCUT2D eigenvalue weighted by atomic mass is 10.2. The number of amidine groups is 1. The average Bonchev–Trinajstić information content (AvgIpc) is 2.26. The highest BCUT2D eigenvalue weighted by molar-refractivity contribution is 5.95. The van der Waals surface area contributed by atoms with Crippen LogP contribution < -0.4 is 5.73 Å². The molecule has 0 atom stereocenters. The minimum atomic E-state index is 0. The molecule has 0 heterocycles. The first-order chi connectivity index (χ1) is 7.99. The molecule has 0 saturated heterocycles. The summed E-state index contributed by atoms with van der Waals surface area (Å²) in [5, 5.41) is 17.3. The van der Waals surface area contributed by atoms with E-state index in [-0.39, 0.29) is 18.2 Å². The van der Waals surface area contributed by atoms with Gasteiger partial charge in [0.25, 0.3) is 0 Å². The van der Waals surface area contributed by atoms with Gasteiger partial charge in [0.1, 0.15) is 5.84 Å². The van der Waals surface area contributed by atoms with Crippen LogP contribution in [-0.2, 0) is 0 Å². The number of nitrogens with one attached hydrogen (secondary N) is 1. The number of halogens is 1. The van der Waals surface area contributed by atoms with Crippen LogP contribution in [0.25, 0.3) is 0 Å². The van der Waals surface area contributed by atoms with Gasteiger partial charge in [0.2, 0.25) is 0 Å². The smallest absolute Gasteiger partial charge is 0.122 e. The highest BCUT2D eigenvalue weighted by Crippen LogP contribution is 2.13. The van der Waals surface area contributed by atoms with E-state index in [1.54, 1.807) is 24.3 Å². The van der Waals surface area contributed by atoms with Gasteiger partial charge in [0, 0.05) is 19.2 Å². The van der Waals surface area contributed by atoms with Gasteiger partial charge in [-0.3, -0.25) is 10.4 Å². The molecule has 0 bridgehead atoms. The van der Waals surface area contributed by atoms with Gasteiger partial charge in [-0.05, 0) is 30.2 Å². The zero-order valence-electron chi connectivity index (χ0n) is 10.9. The van der Waals surface area contributed by atoms with Gasteiger partial charge in [0.15, 0.2) is 0 Å². The lowest BCUT2D eigenvalue weighted by Gasteiger charge is -2.13. The van der Waals surface area contributed by atoms with E-state index in [4.69, 9.17) is 11.1 Å². The second-order valence-corrected chi connectivity index (χ2v) is 4.38. The second-order valence-electron chi connectivity index (χ2n) is 4.38. The molecule has 100 valence electrons. The normalized spacial score (nSPS) is 10.4. The van der Waals surface area contributed by atoms with E-state index in [0.29, 0.717) is 11.5 Å². The third-order valence-corrected chi connectivity index (χ3v) is 2.12. The van der Waals surface area contributed by atoms with Crippen molar-refractivity contribution in [2.24, 2.45) is 22.0 Å². The third-order valence-electron chi connectivity index (χ3n) is 2.12. The summed E-state index contributed by atoms with van der Waals surface area (Å²) < 4.78 is 0. The Kier molecular flexibility index (Phi) is 6.97. The van der Waals surface area contributed by atoms with Crippen molar-refractivity contribution in [1.82, 2.24) is 5.01 Å². The van der Waals surface area contributed by atoms with E-state index in [9.17, 15) is 0 Å². The zero-order valence-corrected chi connectivity index (χ0v) is 11.7. The van der Waals surface area contributed by atoms with Crippen molar-refractivity contribution in [3.8, 4) is 0 Å². The first-order valence-corrected chi connectivity index (χ1v) is 5.56. The largest absolute Gasteiger partial charge is 0.384 e. The number of nitrogen functional groups attached to an aromatic ring is 1. The molecule has 0 aliphatic heterocycles. The predicted octanol–water partition coefficient (Wildman–Crippen LogP) is 2.98. The molecule has 1 rings (SSSR count). The SMILES string of the molecule is CC(C)CN(C)N=Nc1ccc(C(=N)N)cc1.Cl. The number of rotatable bonds is 5. The Bertz CT molecular complexity index is 399. The topological polar surface area (TPSA) is 77.8 Å². The fourth-order valence-corrected chi connectivity index (χ4v) is 1.40. The third kappa shape index (κ3) is 5.63. The molecule has 0 aromatic heterocycles. The standard InChI is InChI=1S/C12H19N5.ClH/c1-9(2)8-17(3)16-15-11-6-4-10(5-7-11)12(13)14;/h4-7,9H,8H2,1-3H3,(H3,13,14);1H. The van der Waals surface area contributed by atoms with Gasteiger partial charge in [0.05, 0.1) is 5.69 Å². The van der Waals surface area contributed by atoms with Gasteiger partial charge in [-0.2, -0.15) is 0 Å². The number of hydrogen-bond donors (Lipinski definition) is 2. The summed E-state index contributed by atoms with van der Waals surface area (Å²) in [6, 6.07) is 7.12. The van der Waals surface area contributed by atoms with Crippen LogP contribution in [0.4, 0.5) is 5.69 Å². The van der Waals surface area contributed by atoms with E-state index in [1.807, 2.05) is 12.1 Å². The quantitative estimate of drug-likeness (QED) is 0.373. The maximum absolute atomic E-state index is 7.27. The summed E-state index contributed by atoms with van der Waals surface area (Å²) in [7, 11) is 1.90. The zero-order chi connectivity index (χ0) is 12.8. The van der Waals surface area contributed by atoms with Crippen molar-refractivity contribution in [3.63, 3.8) is 0 Å². The highest BCUT2D eigenvalue weighted by atomic mass is 35.5. The van der Waals surface area contributed by atoms with Gasteiger partial charge in [-0.25, -0.2) is 0 Å². The summed E-state index contributed by atoms with van der Waals surface area (Å²) in [5.74, 6) is 0.615. The van der Waals surface area contributed by atoms with E-state index >= 15 is 0 Å². The Balaban J connectivity index is 0.00000289. The number of nitrogens with two attached hydrogens (primary N) is 1. The average molecular weight is 270 g/mol. The first kappa shape index (κ1) is 16.4. The molecule has 0 spiro atoms. The Labute approximate surface area is 114 Å². The molecule has 0 aliphatic carbocycles. The number of nitrogens with zero attached hydrogens (tertiary/aromatic N) is 3. The minimum absolute atomic E-state index is 0. The second kappa shape index (κ2) is 7.66. The molecular weight excluding hydrogens is 250 g/mol. The molecule has 0 radical (unpaired) electrons. The van der Waals surface area contributed by atoms with Crippen LogP contribution >= 0.6 is 12.4 Å². The van der Waals surface area contributed by atoms with Gasteiger partial charge < -0.3 is 5.73 Å². The Morgan fingerprint density at radius 2 is 1.89 bits per heavy atom. The van der Waals surface area contributed by atoms with Gasteiger partial charge >= 0.3 is 0 Å². The molecule has 18 heavy (non-hydrogen) atoms. The van der Waals surface area contributed by atoms with Crippen LogP contribution in [-0.4, -0.2) is 24.4 Å². The molecule has 5 nitrogen and oxygen atoms in total. The maximum Gasteiger partial charge on any atom is 0.122 e. The van der Waals surface area contributed by atoms with E-state index in [1.165, 1.54) is 0 Å². The van der Waals surface area contributed by atoms with Crippen LogP contribution in [0.2, 0.25) is 0 Å². The predicted molar refractivity (Wildman–Crippen MR) is 76.7 cm³/mol. The molecule has 0 aliphatic rings. The molecule has 3 N–H and O–H groups in total. The van der Waals surface area contributed by atoms with Crippen molar-refractivity contribution in [2.45, 2.75) is 13.8 Å². The summed E-state index contributed by atoms with van der Waals surface area (Å²) in [5.41, 5.74) is 6.81. The van der Waals surface area contributed by atoms with Crippen molar-refractivity contribution in [1.29, 1.82) is 5.41 Å². The molecule has 6 heteroatoms. The summed E-state index contributed by atoms with van der Waals surface area (Å²) in [4.78, 5) is 0. The van der Waals surface area contributed by atoms with Gasteiger partial charge in [-0.15, -0.1) is 17.5 Å². The maximum atomic E-state index is 7.27. The van der Waals surface area contributed by atoms with Crippen molar-refractivity contribution >= 4 is 23.9 Å². The number of benzene rings is 1. The van der Waals surface area contributed by atoms with Crippen molar-refractivity contribution in [3.05, 3.63) is 29.8 Å². The molecule has 0 unspecified atom stereocenters. The molecule has 1 aromatic rings. The monoisotopic (exact) mass is 269 g/mol. The lowest BCUT2D eigenvalue weighted by Crippen LogP contribution is -2.16. The minimum Gasteiger partial charge on any atom is -0.384 e. The summed E-state index contributed by atoms with van der Waals surface area (Å²) >= 11 is 0. The van der Waals surface area contributed by atoms with E-state index in [2.05, 4.69) is 24.2 Å². The highest BCUT2D eigenvalue weighted by Gasteiger charge is 1.99. The van der Waals surface area contributed by atoms with Crippen LogP contribution in [0.1, 0.15) is 19.4 Å². The van der Waals surface area contributed by atoms with Crippen LogP contribution in [0.5, 0.6) is 0 Å². The lowest BCUT2D eigenvalue weighted by molar-refractivity contribution is 0.292. The van der Waals surface area contributed by atoms with Crippen molar-refractivity contribution < 1.29 is 0 Å². The van der Waals surface area contributed by atoms with E-state index in [0.717, 1.165) is 12.2 Å². The Hall–Kier alpha value is -1.62. The van der Waals surface area contributed by atoms with Crippen LogP contribution in [0, 0.1) is 11.3 Å². The number of hydrogen-bond acceptors (Lipinski definition) is 3. The van der Waals surface area contributed by atoms with Crippen LogP contribution in [0.15, 0.2) is 34.6 Å². The van der Waals surface area contributed by atoms with E-state index < -0.39 is 0 Å². The summed E-state index contributed by atoms with van der Waals surface area (Å²) in [6.45, 7) is 5.14. The molecule has 0 amide bonds. The Morgan fingerprint density at radius 1 is 1.33 bits per heavy atom. The van der Waals surface area contributed by atoms with Crippen LogP contribution in [0.3, 0.4) is 0 Å². The summed E-state index contributed by atoms with van der Waals surface area (Å²) in [6.07, 6.45) is 0. The fraction of sp³-hybridized carbons (Fsp3) is 0.417.